The Balaban J connectivity index is -0.000000371. The number of hydrogen-bond donors (Lipinski definition) is 1. The van der Waals surface area contributed by atoms with Gasteiger partial charge in [-0.3, -0.25) is 0 Å². The van der Waals surface area contributed by atoms with Crippen molar-refractivity contribution in [3.05, 3.63) is 89.0 Å². The number of carbonyl (C=O) groups excluding carboxylic acids is 2. The van der Waals surface area contributed by atoms with E-state index < -0.39 is 0 Å². The van der Waals surface area contributed by atoms with Gasteiger partial charge in [-0.05, 0) is 63.6 Å². The van der Waals surface area contributed by atoms with Gasteiger partial charge in [-0.2, -0.15) is 0 Å². The molecule has 0 N–H and O–H groups in total. The van der Waals surface area contributed by atoms with Gasteiger partial charge in [-0.25, -0.2) is 0 Å². The van der Waals surface area contributed by atoms with Gasteiger partial charge in [0.25, 0.3) is 0 Å². The van der Waals surface area contributed by atoms with Crippen molar-refractivity contribution in [1.82, 2.24) is 0 Å². The van der Waals surface area contributed by atoms with Gasteiger partial charge in [0.2, 0.25) is 0 Å². The highest BCUT2D eigenvalue weighted by atomic mass is 32.1. The van der Waals surface area contributed by atoms with E-state index >= 15 is 0 Å². The highest BCUT2D eigenvalue weighted by Crippen LogP contribution is 2.22. The number of ether oxygens (including phenoxy) is 2. The maximum Gasteiger partial charge on any atom is 0.122 e. The van der Waals surface area contributed by atoms with Gasteiger partial charge in [-0.1, -0.05) is 66.9 Å². The SMILES string of the molecule is C=O.C=O.CC.COc1ccc(OC)c(C)c1.Cc1ccc(C)cc1.Cc1ccc(S)cc1. The normalized spacial score (nSPS) is 8.03. The molecule has 0 saturated carbocycles. The second-order valence-electron chi connectivity index (χ2n) is 6.33. The molecule has 0 bridgehead atoms. The smallest absolute Gasteiger partial charge is 0.122 e. The summed E-state index contributed by atoms with van der Waals surface area (Å²) in [7, 11) is 3.32. The average Bonchev–Trinajstić information content (AvgIpc) is 2.87. The van der Waals surface area contributed by atoms with Crippen molar-refractivity contribution in [2.75, 3.05) is 14.2 Å². The quantitative estimate of drug-likeness (QED) is 0.399. The standard InChI is InChI=1S/C9H12O2.C8H10.C7H8S.C2H6.2CH2O/c1-7-6-8(10-2)4-5-9(7)11-3;1-7-3-5-8(2)6-4-7;1-6-2-4-7(8)5-3-6;3*1-2/h4-6H,1-3H3;3-6H,1-2H3;2-5,8H,1H3;1-2H3;2*1H2. The fourth-order valence-electron chi connectivity index (χ4n) is 2.16. The zero-order chi connectivity index (χ0) is 26.2. The molecule has 33 heavy (non-hydrogen) atoms. The molecule has 0 heterocycles. The molecule has 0 fully saturated rings. The molecule has 0 unspecified atom stereocenters. The third kappa shape index (κ3) is 18.2. The number of hydrogen-bond acceptors (Lipinski definition) is 5. The first-order valence-corrected chi connectivity index (χ1v) is 10.9. The van der Waals surface area contributed by atoms with Crippen LogP contribution in [0.2, 0.25) is 0 Å². The number of rotatable bonds is 2. The summed E-state index contributed by atoms with van der Waals surface area (Å²) in [4.78, 5) is 17.0. The molecule has 0 atom stereocenters. The van der Waals surface area contributed by atoms with Gasteiger partial charge in [0, 0.05) is 4.90 Å². The molecule has 0 spiro atoms. The van der Waals surface area contributed by atoms with Gasteiger partial charge in [0.05, 0.1) is 14.2 Å². The number of benzene rings is 3. The van der Waals surface area contributed by atoms with Crippen molar-refractivity contribution < 1.29 is 19.1 Å². The van der Waals surface area contributed by atoms with E-state index in [1.165, 1.54) is 16.7 Å². The van der Waals surface area contributed by atoms with E-state index in [0.29, 0.717) is 0 Å². The molecular weight excluding hydrogens is 432 g/mol. The highest BCUT2D eigenvalue weighted by molar-refractivity contribution is 7.80. The Kier molecular flexibility index (Phi) is 24.7. The molecule has 5 heteroatoms. The summed E-state index contributed by atoms with van der Waals surface area (Å²) in [5.41, 5.74) is 5.03. The topological polar surface area (TPSA) is 52.6 Å². The van der Waals surface area contributed by atoms with Crippen LogP contribution in [0.3, 0.4) is 0 Å². The predicted octanol–water partition coefficient (Wildman–Crippen LogP) is 7.26. The molecule has 3 aromatic carbocycles. The summed E-state index contributed by atoms with van der Waals surface area (Å²) < 4.78 is 10.1. The molecular formula is C28H40O4S. The van der Waals surface area contributed by atoms with E-state index in [0.717, 1.165) is 22.0 Å². The van der Waals surface area contributed by atoms with Crippen LogP contribution in [-0.2, 0) is 9.59 Å². The van der Waals surface area contributed by atoms with E-state index in [9.17, 15) is 0 Å². The van der Waals surface area contributed by atoms with Gasteiger partial charge in [0.1, 0.15) is 25.1 Å². The number of aryl methyl sites for hydroxylation is 4. The van der Waals surface area contributed by atoms with Gasteiger partial charge < -0.3 is 19.1 Å². The first-order chi connectivity index (χ1) is 15.8. The second kappa shape index (κ2) is 23.6. The zero-order valence-electron chi connectivity index (χ0n) is 21.3. The van der Waals surface area contributed by atoms with Crippen molar-refractivity contribution in [2.24, 2.45) is 0 Å². The minimum absolute atomic E-state index is 0.864. The Hall–Kier alpha value is -3.05. The fraction of sp³-hybridized carbons (Fsp3) is 0.286. The van der Waals surface area contributed by atoms with Gasteiger partial charge >= 0.3 is 0 Å². The summed E-state index contributed by atoms with van der Waals surface area (Å²) in [6.07, 6.45) is 0. The summed E-state index contributed by atoms with van der Waals surface area (Å²) in [5, 5.41) is 0. The van der Waals surface area contributed by atoms with Crippen LogP contribution in [0.5, 0.6) is 11.5 Å². The lowest BCUT2D eigenvalue weighted by atomic mass is 10.2. The molecule has 0 aromatic heterocycles. The molecule has 4 nitrogen and oxygen atoms in total. The van der Waals surface area contributed by atoms with E-state index in [2.05, 4.69) is 57.7 Å². The fourth-order valence-corrected chi connectivity index (χ4v) is 2.31. The van der Waals surface area contributed by atoms with Crippen LogP contribution in [0.1, 0.15) is 36.1 Å². The molecule has 0 saturated heterocycles. The first kappa shape index (κ1) is 34.6. The molecule has 0 amide bonds. The minimum atomic E-state index is 0.864. The van der Waals surface area contributed by atoms with Crippen molar-refractivity contribution in [2.45, 2.75) is 46.4 Å². The van der Waals surface area contributed by atoms with Crippen LogP contribution in [0.4, 0.5) is 0 Å². The molecule has 0 aliphatic carbocycles. The van der Waals surface area contributed by atoms with Crippen LogP contribution in [0.25, 0.3) is 0 Å². The summed E-state index contributed by atoms with van der Waals surface area (Å²) >= 11 is 4.13. The van der Waals surface area contributed by atoms with Crippen molar-refractivity contribution in [3.63, 3.8) is 0 Å². The van der Waals surface area contributed by atoms with E-state index in [1.807, 2.05) is 76.8 Å². The Morgan fingerprint density at radius 1 is 0.606 bits per heavy atom. The molecule has 3 rings (SSSR count). The van der Waals surface area contributed by atoms with Crippen molar-refractivity contribution >= 4 is 26.2 Å². The Bertz CT molecular complexity index is 744. The molecule has 0 aliphatic heterocycles. The zero-order valence-corrected chi connectivity index (χ0v) is 22.2. The Morgan fingerprint density at radius 3 is 1.24 bits per heavy atom. The number of methoxy groups -OCH3 is 2. The minimum Gasteiger partial charge on any atom is -0.497 e. The number of carbonyl (C=O) groups is 2. The van der Waals surface area contributed by atoms with Crippen LogP contribution < -0.4 is 9.47 Å². The van der Waals surface area contributed by atoms with Gasteiger partial charge in [0.15, 0.2) is 0 Å². The monoisotopic (exact) mass is 472 g/mol. The lowest BCUT2D eigenvalue weighted by molar-refractivity contribution is -0.0987. The van der Waals surface area contributed by atoms with Gasteiger partial charge in [-0.15, -0.1) is 12.6 Å². The van der Waals surface area contributed by atoms with E-state index in [4.69, 9.17) is 19.1 Å². The van der Waals surface area contributed by atoms with Crippen LogP contribution >= 0.6 is 12.6 Å². The third-order valence-corrected chi connectivity index (χ3v) is 4.15. The van der Waals surface area contributed by atoms with Crippen LogP contribution in [0.15, 0.2) is 71.6 Å². The van der Waals surface area contributed by atoms with Crippen LogP contribution in [-0.4, -0.2) is 27.8 Å². The summed E-state index contributed by atoms with van der Waals surface area (Å²) in [6.45, 7) is 16.2. The molecule has 0 radical (unpaired) electrons. The maximum absolute atomic E-state index is 8.00. The highest BCUT2D eigenvalue weighted by Gasteiger charge is 1.97. The lowest BCUT2D eigenvalue weighted by Gasteiger charge is -2.05. The molecule has 182 valence electrons. The van der Waals surface area contributed by atoms with E-state index in [-0.39, 0.29) is 0 Å². The van der Waals surface area contributed by atoms with Crippen molar-refractivity contribution in [1.29, 1.82) is 0 Å². The molecule has 3 aromatic rings. The Morgan fingerprint density at radius 2 is 0.970 bits per heavy atom. The maximum atomic E-state index is 8.00. The Labute approximate surface area is 206 Å². The summed E-state index contributed by atoms with van der Waals surface area (Å²) in [5.74, 6) is 1.76. The second-order valence-corrected chi connectivity index (χ2v) is 6.84. The number of thiol groups is 1. The van der Waals surface area contributed by atoms with Crippen molar-refractivity contribution in [3.8, 4) is 11.5 Å². The first-order valence-electron chi connectivity index (χ1n) is 10.4. The van der Waals surface area contributed by atoms with E-state index in [1.54, 1.807) is 14.2 Å². The summed E-state index contributed by atoms with van der Waals surface area (Å²) in [6, 6.07) is 22.3. The third-order valence-electron chi connectivity index (χ3n) is 3.85. The van der Waals surface area contributed by atoms with Crippen LogP contribution in [0, 0.1) is 27.7 Å². The molecule has 0 aliphatic rings. The lowest BCUT2D eigenvalue weighted by Crippen LogP contribution is -1.88. The largest absolute Gasteiger partial charge is 0.497 e. The average molecular weight is 473 g/mol. The predicted molar refractivity (Wildman–Crippen MR) is 144 cm³/mol.